The van der Waals surface area contributed by atoms with Gasteiger partial charge in [0.15, 0.2) is 5.78 Å². The van der Waals surface area contributed by atoms with E-state index in [-0.39, 0.29) is 5.78 Å². The van der Waals surface area contributed by atoms with E-state index in [2.05, 4.69) is 6.92 Å². The zero-order valence-corrected chi connectivity index (χ0v) is 13.9. The molecule has 0 radical (unpaired) electrons. The van der Waals surface area contributed by atoms with Crippen molar-refractivity contribution in [3.05, 3.63) is 0 Å². The summed E-state index contributed by atoms with van der Waals surface area (Å²) >= 11 is 0. The second kappa shape index (κ2) is 16.7. The minimum Gasteiger partial charge on any atom is -0.374 e. The summed E-state index contributed by atoms with van der Waals surface area (Å²) in [4.78, 5) is 11.0. The first kappa shape index (κ1) is 19.6. The van der Waals surface area contributed by atoms with Crippen molar-refractivity contribution in [2.75, 3.05) is 13.2 Å². The minimum absolute atomic E-state index is 0.212. The van der Waals surface area contributed by atoms with Crippen LogP contribution in [0.2, 0.25) is 0 Å². The number of unbranched alkanes of at least 4 members (excludes halogenated alkanes) is 11. The third kappa shape index (κ3) is 15.7. The Morgan fingerprint density at radius 2 is 1.15 bits per heavy atom. The summed E-state index contributed by atoms with van der Waals surface area (Å²) < 4.78 is 5.33. The molecule has 0 spiro atoms. The molecule has 0 aromatic heterocycles. The lowest BCUT2D eigenvalue weighted by Crippen LogP contribution is -2.07. The number of hydrogen-bond acceptors (Lipinski definition) is 2. The quantitative estimate of drug-likeness (QED) is 0.341. The summed E-state index contributed by atoms with van der Waals surface area (Å²) in [5, 5.41) is 0. The Hall–Kier alpha value is -0.370. The molecule has 0 atom stereocenters. The van der Waals surface area contributed by atoms with Gasteiger partial charge in [0.2, 0.25) is 0 Å². The second-order valence-corrected chi connectivity index (χ2v) is 5.83. The normalized spacial score (nSPS) is 10.9. The average Bonchev–Trinajstić information content (AvgIpc) is 2.47. The molecule has 0 heterocycles. The summed E-state index contributed by atoms with van der Waals surface area (Å²) in [6.07, 6.45) is 16.9. The van der Waals surface area contributed by atoms with Crippen molar-refractivity contribution in [3.63, 3.8) is 0 Å². The number of ether oxygens (including phenoxy) is 1. The first-order valence-electron chi connectivity index (χ1n) is 8.90. The average molecular weight is 284 g/mol. The lowest BCUT2D eigenvalue weighted by molar-refractivity contribution is -0.123. The van der Waals surface area contributed by atoms with Crippen molar-refractivity contribution in [1.29, 1.82) is 0 Å². The van der Waals surface area contributed by atoms with E-state index in [0.717, 1.165) is 13.0 Å². The molecule has 0 bridgehead atoms. The molecule has 0 aliphatic rings. The van der Waals surface area contributed by atoms with Crippen LogP contribution in [0.15, 0.2) is 0 Å². The molecule has 20 heavy (non-hydrogen) atoms. The smallest absolute Gasteiger partial charge is 0.158 e. The van der Waals surface area contributed by atoms with Gasteiger partial charge in [0, 0.05) is 13.0 Å². The van der Waals surface area contributed by atoms with Gasteiger partial charge >= 0.3 is 0 Å². The highest BCUT2D eigenvalue weighted by Gasteiger charge is 1.97. The van der Waals surface area contributed by atoms with Crippen LogP contribution in [-0.2, 0) is 9.53 Å². The van der Waals surface area contributed by atoms with Gasteiger partial charge in [-0.05, 0) is 6.42 Å². The van der Waals surface area contributed by atoms with Gasteiger partial charge < -0.3 is 4.74 Å². The first-order chi connectivity index (χ1) is 9.81. The number of rotatable bonds is 16. The molecule has 0 unspecified atom stereocenters. The van der Waals surface area contributed by atoms with Crippen molar-refractivity contribution in [3.8, 4) is 0 Å². The standard InChI is InChI=1S/C18H36O2/c1-3-5-6-7-8-9-10-11-12-13-14-15-16-20-17-18(19)4-2/h3-17H2,1-2H3. The maximum atomic E-state index is 11.0. The van der Waals surface area contributed by atoms with Crippen LogP contribution in [0.25, 0.3) is 0 Å². The number of Topliss-reactive ketones (excluding diaryl/α,β-unsaturated/α-hetero) is 1. The highest BCUT2D eigenvalue weighted by atomic mass is 16.5. The van der Waals surface area contributed by atoms with Crippen LogP contribution in [0.3, 0.4) is 0 Å². The molecule has 0 fully saturated rings. The van der Waals surface area contributed by atoms with Gasteiger partial charge in [0.05, 0.1) is 0 Å². The second-order valence-electron chi connectivity index (χ2n) is 5.83. The van der Waals surface area contributed by atoms with Crippen molar-refractivity contribution >= 4 is 5.78 Å². The Bertz CT molecular complexity index is 202. The molecule has 120 valence electrons. The largest absolute Gasteiger partial charge is 0.374 e. The summed E-state index contributed by atoms with van der Waals surface area (Å²) in [6, 6.07) is 0. The van der Waals surface area contributed by atoms with Crippen LogP contribution >= 0.6 is 0 Å². The van der Waals surface area contributed by atoms with E-state index in [1.807, 2.05) is 6.92 Å². The summed E-state index contributed by atoms with van der Waals surface area (Å²) in [6.45, 7) is 5.22. The fraction of sp³-hybridized carbons (Fsp3) is 0.944. The van der Waals surface area contributed by atoms with Gasteiger partial charge in [0.25, 0.3) is 0 Å². The van der Waals surface area contributed by atoms with Crippen LogP contribution in [0, 0.1) is 0 Å². The number of carbonyl (C=O) groups excluding carboxylic acids is 1. The van der Waals surface area contributed by atoms with Crippen molar-refractivity contribution in [2.45, 2.75) is 97.3 Å². The number of hydrogen-bond donors (Lipinski definition) is 0. The molecule has 0 aromatic carbocycles. The van der Waals surface area contributed by atoms with E-state index in [1.54, 1.807) is 0 Å². The van der Waals surface area contributed by atoms with Gasteiger partial charge in [-0.2, -0.15) is 0 Å². The molecule has 0 aliphatic heterocycles. The van der Waals surface area contributed by atoms with Gasteiger partial charge in [-0.25, -0.2) is 0 Å². The molecule has 2 heteroatoms. The Morgan fingerprint density at radius 3 is 1.60 bits per heavy atom. The summed E-state index contributed by atoms with van der Waals surface area (Å²) in [5.74, 6) is 0.212. The van der Waals surface area contributed by atoms with E-state index in [1.165, 1.54) is 70.6 Å². The Morgan fingerprint density at radius 1 is 0.700 bits per heavy atom. The molecule has 0 aliphatic carbocycles. The van der Waals surface area contributed by atoms with Gasteiger partial charge in [-0.1, -0.05) is 84.5 Å². The molecular formula is C18H36O2. The molecule has 0 aromatic rings. The van der Waals surface area contributed by atoms with Crippen molar-refractivity contribution in [1.82, 2.24) is 0 Å². The zero-order chi connectivity index (χ0) is 14.9. The first-order valence-corrected chi connectivity index (χ1v) is 8.90. The number of ketones is 1. The maximum absolute atomic E-state index is 11.0. The molecule has 0 rings (SSSR count). The van der Waals surface area contributed by atoms with Gasteiger partial charge in [-0.3, -0.25) is 4.79 Å². The summed E-state index contributed by atoms with van der Waals surface area (Å²) in [5.41, 5.74) is 0. The molecule has 0 saturated carbocycles. The molecule has 2 nitrogen and oxygen atoms in total. The van der Waals surface area contributed by atoms with Crippen LogP contribution in [0.5, 0.6) is 0 Å². The Labute approximate surface area is 126 Å². The minimum atomic E-state index is 0.212. The highest BCUT2D eigenvalue weighted by Crippen LogP contribution is 2.11. The monoisotopic (exact) mass is 284 g/mol. The van der Waals surface area contributed by atoms with E-state index >= 15 is 0 Å². The van der Waals surface area contributed by atoms with E-state index in [9.17, 15) is 4.79 Å². The van der Waals surface area contributed by atoms with Crippen LogP contribution in [0.4, 0.5) is 0 Å². The SMILES string of the molecule is CCCCCCCCCCCCCCOCC(=O)CC. The molecular weight excluding hydrogens is 248 g/mol. The Kier molecular flexibility index (Phi) is 16.4. The van der Waals surface area contributed by atoms with E-state index in [4.69, 9.17) is 4.74 Å². The number of carbonyl (C=O) groups is 1. The third-order valence-corrected chi connectivity index (χ3v) is 3.80. The van der Waals surface area contributed by atoms with E-state index in [0.29, 0.717) is 13.0 Å². The summed E-state index contributed by atoms with van der Waals surface area (Å²) in [7, 11) is 0. The maximum Gasteiger partial charge on any atom is 0.158 e. The van der Waals surface area contributed by atoms with Crippen LogP contribution in [0.1, 0.15) is 97.3 Å². The molecule has 0 N–H and O–H groups in total. The predicted octanol–water partition coefficient (Wildman–Crippen LogP) is 5.68. The molecule has 0 saturated heterocycles. The predicted molar refractivity (Wildman–Crippen MR) is 87.2 cm³/mol. The van der Waals surface area contributed by atoms with Gasteiger partial charge in [0.1, 0.15) is 6.61 Å². The van der Waals surface area contributed by atoms with Crippen LogP contribution in [-0.4, -0.2) is 19.0 Å². The fourth-order valence-electron chi connectivity index (χ4n) is 2.33. The lowest BCUT2D eigenvalue weighted by atomic mass is 10.1. The molecule has 0 amide bonds. The zero-order valence-electron chi connectivity index (χ0n) is 13.9. The topological polar surface area (TPSA) is 26.3 Å². The van der Waals surface area contributed by atoms with E-state index < -0.39 is 0 Å². The highest BCUT2D eigenvalue weighted by molar-refractivity contribution is 5.79. The lowest BCUT2D eigenvalue weighted by Gasteiger charge is -2.04. The third-order valence-electron chi connectivity index (χ3n) is 3.80. The van der Waals surface area contributed by atoms with Gasteiger partial charge in [-0.15, -0.1) is 0 Å². The van der Waals surface area contributed by atoms with Crippen molar-refractivity contribution in [2.24, 2.45) is 0 Å². The van der Waals surface area contributed by atoms with Crippen LogP contribution < -0.4 is 0 Å². The Balaban J connectivity index is 2.97. The fourth-order valence-corrected chi connectivity index (χ4v) is 2.33. The van der Waals surface area contributed by atoms with Crippen molar-refractivity contribution < 1.29 is 9.53 Å².